The van der Waals surface area contributed by atoms with Gasteiger partial charge in [-0.2, -0.15) is 0 Å². The zero-order valence-corrected chi connectivity index (χ0v) is 14.7. The van der Waals surface area contributed by atoms with Gasteiger partial charge in [0.1, 0.15) is 12.4 Å². The average molecular weight is 348 g/mol. The van der Waals surface area contributed by atoms with E-state index in [-0.39, 0.29) is 6.04 Å². The molecule has 0 amide bonds. The first kappa shape index (κ1) is 15.9. The molecule has 25 heavy (non-hydrogen) atoms. The van der Waals surface area contributed by atoms with Crippen LogP contribution in [0.2, 0.25) is 0 Å². The summed E-state index contributed by atoms with van der Waals surface area (Å²) in [5, 5.41) is 7.48. The summed E-state index contributed by atoms with van der Waals surface area (Å²) in [6.45, 7) is 4.19. The van der Waals surface area contributed by atoms with Crippen LogP contribution in [-0.4, -0.2) is 11.7 Å². The zero-order chi connectivity index (χ0) is 17.2. The first-order valence-corrected chi connectivity index (χ1v) is 8.89. The van der Waals surface area contributed by atoms with Crippen LogP contribution in [0.5, 0.6) is 5.75 Å². The molecule has 0 saturated heterocycles. The monoisotopic (exact) mass is 348 g/mol. The lowest BCUT2D eigenvalue weighted by Crippen LogP contribution is -2.44. The molecule has 1 atom stereocenters. The summed E-state index contributed by atoms with van der Waals surface area (Å²) in [4.78, 5) is 0. The van der Waals surface area contributed by atoms with Crippen molar-refractivity contribution in [3.05, 3.63) is 83.4 Å². The normalized spacial score (nSPS) is 18.6. The second-order valence-corrected chi connectivity index (χ2v) is 6.67. The van der Waals surface area contributed by atoms with E-state index in [1.807, 2.05) is 12.1 Å². The summed E-state index contributed by atoms with van der Waals surface area (Å²) in [5.41, 5.74) is 6.38. The van der Waals surface area contributed by atoms with Crippen LogP contribution in [0, 0.1) is 0 Å². The van der Waals surface area contributed by atoms with Crippen molar-refractivity contribution >= 4 is 23.0 Å². The Morgan fingerprint density at radius 1 is 1.12 bits per heavy atom. The summed E-state index contributed by atoms with van der Waals surface area (Å²) >= 11 is 5.47. The third kappa shape index (κ3) is 3.05. The van der Waals surface area contributed by atoms with Crippen molar-refractivity contribution in [2.45, 2.75) is 18.9 Å². The molecule has 0 bridgehead atoms. The van der Waals surface area contributed by atoms with E-state index in [9.17, 15) is 0 Å². The molecule has 3 nitrogen and oxygen atoms in total. The van der Waals surface area contributed by atoms with Crippen LogP contribution >= 0.6 is 12.2 Å². The Labute approximate surface area is 153 Å². The zero-order valence-electron chi connectivity index (χ0n) is 13.9. The number of ether oxygens (including phenoxy) is 1. The molecule has 1 heterocycles. The van der Waals surface area contributed by atoms with E-state index in [0.717, 1.165) is 18.6 Å². The van der Waals surface area contributed by atoms with Crippen LogP contribution in [0.25, 0.3) is 5.70 Å². The number of rotatable bonds is 4. The SMILES string of the molecule is C=CCOc1ccc([C@H]2NC(=S)NC3=C2CCc2ccccc23)cc1. The molecule has 0 aromatic heterocycles. The maximum absolute atomic E-state index is 5.58. The van der Waals surface area contributed by atoms with Gasteiger partial charge in [-0.05, 0) is 53.9 Å². The molecule has 0 fully saturated rings. The minimum Gasteiger partial charge on any atom is -0.490 e. The lowest BCUT2D eigenvalue weighted by molar-refractivity contribution is 0.363. The maximum Gasteiger partial charge on any atom is 0.171 e. The largest absolute Gasteiger partial charge is 0.490 e. The number of hydrogen-bond donors (Lipinski definition) is 2. The summed E-state index contributed by atoms with van der Waals surface area (Å²) in [7, 11) is 0. The Morgan fingerprint density at radius 3 is 2.72 bits per heavy atom. The van der Waals surface area contributed by atoms with Gasteiger partial charge in [-0.15, -0.1) is 0 Å². The van der Waals surface area contributed by atoms with Crippen LogP contribution < -0.4 is 15.4 Å². The molecular weight excluding hydrogens is 328 g/mol. The Morgan fingerprint density at radius 2 is 1.92 bits per heavy atom. The van der Waals surface area contributed by atoms with E-state index in [2.05, 4.69) is 53.6 Å². The molecule has 2 aliphatic rings. The fraction of sp³-hybridized carbons (Fsp3) is 0.190. The maximum atomic E-state index is 5.58. The van der Waals surface area contributed by atoms with Crippen molar-refractivity contribution in [1.82, 2.24) is 10.6 Å². The Bertz CT molecular complexity index is 854. The highest BCUT2D eigenvalue weighted by Crippen LogP contribution is 2.38. The van der Waals surface area contributed by atoms with Gasteiger partial charge in [-0.25, -0.2) is 0 Å². The smallest absolute Gasteiger partial charge is 0.171 e. The van der Waals surface area contributed by atoms with Crippen LogP contribution in [0.1, 0.15) is 29.2 Å². The number of hydrogen-bond acceptors (Lipinski definition) is 2. The first-order chi connectivity index (χ1) is 12.3. The fourth-order valence-electron chi connectivity index (χ4n) is 3.55. The molecule has 0 saturated carbocycles. The molecule has 4 heteroatoms. The van der Waals surface area contributed by atoms with Crippen molar-refractivity contribution in [1.29, 1.82) is 0 Å². The van der Waals surface area contributed by atoms with Crippen LogP contribution in [0.15, 0.2) is 66.8 Å². The van der Waals surface area contributed by atoms with Crippen molar-refractivity contribution < 1.29 is 4.74 Å². The van der Waals surface area contributed by atoms with Gasteiger partial charge < -0.3 is 15.4 Å². The van der Waals surface area contributed by atoms with Gasteiger partial charge in [0, 0.05) is 11.3 Å². The quantitative estimate of drug-likeness (QED) is 0.643. The van der Waals surface area contributed by atoms with Gasteiger partial charge in [0.2, 0.25) is 0 Å². The van der Waals surface area contributed by atoms with Gasteiger partial charge >= 0.3 is 0 Å². The van der Waals surface area contributed by atoms with Gasteiger partial charge in [0.15, 0.2) is 5.11 Å². The lowest BCUT2D eigenvalue weighted by Gasteiger charge is -2.35. The number of nitrogens with one attached hydrogen (secondary N) is 2. The predicted molar refractivity (Wildman–Crippen MR) is 105 cm³/mol. The van der Waals surface area contributed by atoms with Gasteiger partial charge in [0.25, 0.3) is 0 Å². The summed E-state index contributed by atoms with van der Waals surface area (Å²) in [6, 6.07) is 16.9. The molecule has 1 aliphatic carbocycles. The highest BCUT2D eigenvalue weighted by Gasteiger charge is 2.30. The second kappa shape index (κ2) is 6.73. The average Bonchev–Trinajstić information content (AvgIpc) is 2.66. The molecule has 0 radical (unpaired) electrons. The van der Waals surface area contributed by atoms with Gasteiger partial charge in [0.05, 0.1) is 6.04 Å². The van der Waals surface area contributed by atoms with E-state index < -0.39 is 0 Å². The standard InChI is InChI=1S/C21H20N2OS/c1-2-13-24-16-10-7-15(8-11-16)19-18-12-9-14-5-3-4-6-17(14)20(18)23-21(25)22-19/h2-8,10-11,19H,1,9,12-13H2,(H2,22,23,25)/t19-/m1/s1. The van der Waals surface area contributed by atoms with Crippen molar-refractivity contribution in [3.8, 4) is 5.75 Å². The van der Waals surface area contributed by atoms with E-state index >= 15 is 0 Å². The lowest BCUT2D eigenvalue weighted by atomic mass is 9.83. The van der Waals surface area contributed by atoms with E-state index in [4.69, 9.17) is 17.0 Å². The third-order valence-corrected chi connectivity index (χ3v) is 4.94. The minimum atomic E-state index is 0.102. The highest BCUT2D eigenvalue weighted by molar-refractivity contribution is 7.80. The van der Waals surface area contributed by atoms with Crippen molar-refractivity contribution in [3.63, 3.8) is 0 Å². The van der Waals surface area contributed by atoms with Gasteiger partial charge in [-0.1, -0.05) is 49.1 Å². The number of thiocarbonyl (C=S) groups is 1. The Balaban J connectivity index is 1.70. The predicted octanol–water partition coefficient (Wildman–Crippen LogP) is 4.13. The Hall–Kier alpha value is -2.59. The van der Waals surface area contributed by atoms with Crippen molar-refractivity contribution in [2.75, 3.05) is 6.61 Å². The Kier molecular flexibility index (Phi) is 4.28. The van der Waals surface area contributed by atoms with E-state index in [0.29, 0.717) is 11.7 Å². The number of fused-ring (bicyclic) bond motifs is 2. The minimum absolute atomic E-state index is 0.102. The molecular formula is C21H20N2OS. The topological polar surface area (TPSA) is 33.3 Å². The molecule has 2 aromatic carbocycles. The molecule has 4 rings (SSSR count). The molecule has 1 aliphatic heterocycles. The number of benzene rings is 2. The second-order valence-electron chi connectivity index (χ2n) is 6.26. The molecule has 0 spiro atoms. The highest BCUT2D eigenvalue weighted by atomic mass is 32.1. The first-order valence-electron chi connectivity index (χ1n) is 8.49. The van der Waals surface area contributed by atoms with E-state index in [1.54, 1.807) is 6.08 Å². The van der Waals surface area contributed by atoms with Crippen molar-refractivity contribution in [2.24, 2.45) is 0 Å². The van der Waals surface area contributed by atoms with Crippen LogP contribution in [0.4, 0.5) is 0 Å². The van der Waals surface area contributed by atoms with Gasteiger partial charge in [-0.3, -0.25) is 0 Å². The molecule has 2 N–H and O–H groups in total. The summed E-state index contributed by atoms with van der Waals surface area (Å²) < 4.78 is 5.58. The number of aryl methyl sites for hydroxylation is 1. The van der Waals surface area contributed by atoms with Crippen LogP contribution in [-0.2, 0) is 6.42 Å². The van der Waals surface area contributed by atoms with E-state index in [1.165, 1.54) is 28.0 Å². The summed E-state index contributed by atoms with van der Waals surface area (Å²) in [5.74, 6) is 0.850. The third-order valence-electron chi connectivity index (χ3n) is 4.72. The molecule has 126 valence electrons. The summed E-state index contributed by atoms with van der Waals surface area (Å²) in [6.07, 6.45) is 3.83. The molecule has 2 aromatic rings. The van der Waals surface area contributed by atoms with Crippen LogP contribution in [0.3, 0.4) is 0 Å². The molecule has 0 unspecified atom stereocenters. The fourth-order valence-corrected chi connectivity index (χ4v) is 3.77.